The second-order valence-corrected chi connectivity index (χ2v) is 13.4. The van der Waals surface area contributed by atoms with Crippen LogP contribution in [0, 0.1) is 39.9 Å². The first-order chi connectivity index (χ1) is 20.7. The van der Waals surface area contributed by atoms with Gasteiger partial charge < -0.3 is 29.5 Å². The average molecular weight is 644 g/mol. The monoisotopic (exact) mass is 643 g/mol. The van der Waals surface area contributed by atoms with E-state index in [1.807, 2.05) is 19.9 Å². The van der Waals surface area contributed by atoms with E-state index in [9.17, 15) is 47.2 Å². The molecule has 3 fully saturated rings. The zero-order valence-electron chi connectivity index (χ0n) is 26.4. The number of alkyl halides is 3. The number of carbonyl (C=O) groups is 6. The second-order valence-electron chi connectivity index (χ2n) is 13.4. The van der Waals surface area contributed by atoms with Gasteiger partial charge in [0, 0.05) is 19.0 Å². The Labute approximate surface area is 259 Å². The quantitative estimate of drug-likeness (QED) is 0.340. The lowest BCUT2D eigenvalue weighted by atomic mass is 9.83. The zero-order chi connectivity index (χ0) is 34.2. The lowest BCUT2D eigenvalue weighted by Crippen LogP contribution is -2.63. The molecular formula is C29H40F3N5O8. The molecule has 16 heteroatoms. The van der Waals surface area contributed by atoms with Crippen molar-refractivity contribution in [2.24, 2.45) is 28.6 Å². The van der Waals surface area contributed by atoms with E-state index in [-0.39, 0.29) is 42.8 Å². The van der Waals surface area contributed by atoms with Gasteiger partial charge in [-0.05, 0) is 35.5 Å². The Kier molecular flexibility index (Phi) is 10.2. The molecule has 0 bridgehead atoms. The van der Waals surface area contributed by atoms with Crippen molar-refractivity contribution < 1.29 is 51.4 Å². The summed E-state index contributed by atoms with van der Waals surface area (Å²) in [6.45, 7) is 6.96. The Morgan fingerprint density at radius 1 is 1.11 bits per heavy atom. The molecule has 0 aromatic rings. The number of nitrogens with zero attached hydrogens (tertiary/aromatic N) is 4. The number of esters is 2. The topological polar surface area (TPSA) is 166 Å². The molecule has 0 aromatic carbocycles. The van der Waals surface area contributed by atoms with E-state index in [0.29, 0.717) is 6.42 Å². The number of ether oxygens (including phenoxy) is 2. The van der Waals surface area contributed by atoms with Crippen LogP contribution in [-0.2, 0) is 38.2 Å². The van der Waals surface area contributed by atoms with E-state index in [2.05, 4.69) is 14.8 Å². The first-order valence-electron chi connectivity index (χ1n) is 14.5. The minimum Gasteiger partial charge on any atom is -0.468 e. The number of likely N-dealkylation sites (tertiary alicyclic amines) is 2. The molecule has 4 amide bonds. The van der Waals surface area contributed by atoms with Gasteiger partial charge in [-0.1, -0.05) is 34.6 Å². The summed E-state index contributed by atoms with van der Waals surface area (Å²) in [5.41, 5.74) is -1.72. The number of nitriles is 1. The molecule has 13 nitrogen and oxygen atoms in total. The third kappa shape index (κ3) is 7.33. The molecule has 1 aliphatic carbocycles. The van der Waals surface area contributed by atoms with Gasteiger partial charge in [0.05, 0.1) is 20.3 Å². The molecule has 1 N–H and O–H groups in total. The molecule has 3 rings (SSSR count). The van der Waals surface area contributed by atoms with Crippen molar-refractivity contribution in [3.05, 3.63) is 0 Å². The highest BCUT2D eigenvalue weighted by molar-refractivity contribution is 5.96. The molecule has 2 heterocycles. The Morgan fingerprint density at radius 2 is 1.71 bits per heavy atom. The van der Waals surface area contributed by atoms with Gasteiger partial charge in [-0.25, -0.2) is 0 Å². The van der Waals surface area contributed by atoms with Gasteiger partial charge >= 0.3 is 24.0 Å². The van der Waals surface area contributed by atoms with Crippen LogP contribution in [0.15, 0.2) is 0 Å². The zero-order valence-corrected chi connectivity index (χ0v) is 26.4. The SMILES string of the molecule is COC(=O)CN1CC[C@@H](C[C@@H](C#N)NC(=O)[C@@H]2C3[C@H](CN2C(=O)C(N(CC(=O)OC)C(=O)C(F)(F)F)C(C)(C)C)C3(C)C)C1=O. The third-order valence-electron chi connectivity index (χ3n) is 9.11. The Hall–Kier alpha value is -3.90. The fourth-order valence-electron chi connectivity index (χ4n) is 6.67. The van der Waals surface area contributed by atoms with Gasteiger partial charge in [0.15, 0.2) is 0 Å². The van der Waals surface area contributed by atoms with Crippen molar-refractivity contribution >= 4 is 35.6 Å². The van der Waals surface area contributed by atoms with Crippen molar-refractivity contribution in [3.63, 3.8) is 0 Å². The van der Waals surface area contributed by atoms with E-state index in [1.54, 1.807) is 0 Å². The molecule has 2 unspecified atom stereocenters. The Balaban J connectivity index is 1.87. The van der Waals surface area contributed by atoms with E-state index in [4.69, 9.17) is 0 Å². The number of halogens is 3. The molecule has 2 aliphatic heterocycles. The summed E-state index contributed by atoms with van der Waals surface area (Å²) in [5, 5.41) is 12.4. The fraction of sp³-hybridized carbons (Fsp3) is 0.759. The van der Waals surface area contributed by atoms with Gasteiger partial charge in [-0.3, -0.25) is 28.8 Å². The highest BCUT2D eigenvalue weighted by Gasteiger charge is 2.70. The van der Waals surface area contributed by atoms with Gasteiger partial charge in [0.25, 0.3) is 0 Å². The second kappa shape index (κ2) is 12.8. The highest BCUT2D eigenvalue weighted by atomic mass is 19.4. The number of hydrogen-bond acceptors (Lipinski definition) is 9. The normalized spacial score (nSPS) is 25.0. The summed E-state index contributed by atoms with van der Waals surface area (Å²) in [7, 11) is 2.13. The summed E-state index contributed by atoms with van der Waals surface area (Å²) < 4.78 is 50.2. The number of hydrogen-bond donors (Lipinski definition) is 1. The van der Waals surface area contributed by atoms with Crippen LogP contribution < -0.4 is 5.32 Å². The lowest BCUT2D eigenvalue weighted by Gasteiger charge is -2.42. The summed E-state index contributed by atoms with van der Waals surface area (Å²) in [6, 6.07) is -2.17. The number of carbonyl (C=O) groups excluding carboxylic acids is 6. The molecule has 6 atom stereocenters. The van der Waals surface area contributed by atoms with Crippen molar-refractivity contribution in [1.82, 2.24) is 20.0 Å². The third-order valence-corrected chi connectivity index (χ3v) is 9.11. The largest absolute Gasteiger partial charge is 0.471 e. The van der Waals surface area contributed by atoms with Crippen LogP contribution in [0.5, 0.6) is 0 Å². The minimum absolute atomic E-state index is 0.00819. The van der Waals surface area contributed by atoms with Crippen LogP contribution in [0.25, 0.3) is 0 Å². The Bertz CT molecular complexity index is 1270. The first-order valence-corrected chi connectivity index (χ1v) is 14.5. The van der Waals surface area contributed by atoms with E-state index in [1.165, 1.54) is 32.8 Å². The van der Waals surface area contributed by atoms with E-state index < -0.39 is 83.2 Å². The van der Waals surface area contributed by atoms with Crippen molar-refractivity contribution in [1.29, 1.82) is 5.26 Å². The standard InChI is InChI=1S/C29H40F3N5O8/c1-27(2,3)22(37(14-19(39)45-7)26(43)29(30,31)32)25(42)36-12-17-20(28(17,4)5)21(36)23(40)34-16(11-33)10-15-8-9-35(24(15)41)13-18(38)44-6/h15-17,20-22H,8-10,12-14H2,1-7H3,(H,34,40)/t15-,16-,17-,20?,21-,22?/m0/s1. The predicted octanol–water partition coefficient (Wildman–Crippen LogP) is 0.868. The molecular weight excluding hydrogens is 603 g/mol. The molecule has 0 spiro atoms. The molecule has 0 radical (unpaired) electrons. The van der Waals surface area contributed by atoms with Crippen LogP contribution in [0.3, 0.4) is 0 Å². The van der Waals surface area contributed by atoms with Crippen molar-refractivity contribution in [2.75, 3.05) is 40.4 Å². The van der Waals surface area contributed by atoms with Crippen LogP contribution >= 0.6 is 0 Å². The van der Waals surface area contributed by atoms with Crippen LogP contribution in [0.1, 0.15) is 47.5 Å². The number of methoxy groups -OCH3 is 2. The molecule has 0 aromatic heterocycles. The summed E-state index contributed by atoms with van der Waals surface area (Å²) in [6.07, 6.45) is -5.13. The van der Waals surface area contributed by atoms with Crippen molar-refractivity contribution in [3.8, 4) is 6.07 Å². The van der Waals surface area contributed by atoms with E-state index in [0.717, 1.165) is 12.0 Å². The van der Waals surface area contributed by atoms with Gasteiger partial charge in [-0.2, -0.15) is 18.4 Å². The Morgan fingerprint density at radius 3 is 2.22 bits per heavy atom. The summed E-state index contributed by atoms with van der Waals surface area (Å²) in [5.74, 6) is -7.45. The summed E-state index contributed by atoms with van der Waals surface area (Å²) >= 11 is 0. The predicted molar refractivity (Wildman–Crippen MR) is 148 cm³/mol. The minimum atomic E-state index is -5.41. The highest BCUT2D eigenvalue weighted by Crippen LogP contribution is 2.65. The molecule has 250 valence electrons. The van der Waals surface area contributed by atoms with E-state index >= 15 is 0 Å². The van der Waals surface area contributed by atoms with Crippen LogP contribution in [0.4, 0.5) is 13.2 Å². The average Bonchev–Trinajstić information content (AvgIpc) is 3.25. The smallest absolute Gasteiger partial charge is 0.468 e. The number of piperidine rings is 1. The van der Waals surface area contributed by atoms with Gasteiger partial charge in [0.1, 0.15) is 31.2 Å². The van der Waals surface area contributed by atoms with Crippen LogP contribution in [0.2, 0.25) is 0 Å². The molecule has 2 saturated heterocycles. The number of amides is 4. The van der Waals surface area contributed by atoms with Gasteiger partial charge in [0.2, 0.25) is 17.7 Å². The van der Waals surface area contributed by atoms with Crippen molar-refractivity contribution in [2.45, 2.75) is 71.8 Å². The lowest BCUT2D eigenvalue weighted by molar-refractivity contribution is -0.193. The first kappa shape index (κ1) is 35.6. The molecule has 1 saturated carbocycles. The van der Waals surface area contributed by atoms with Crippen LogP contribution in [-0.4, -0.2) is 115 Å². The number of nitrogens with one attached hydrogen (secondary N) is 1. The summed E-state index contributed by atoms with van der Waals surface area (Å²) in [4.78, 5) is 79.5. The maximum Gasteiger partial charge on any atom is 0.471 e. The number of fused-ring (bicyclic) bond motifs is 1. The maximum atomic E-state index is 14.1. The molecule has 45 heavy (non-hydrogen) atoms. The van der Waals surface area contributed by atoms with Gasteiger partial charge in [-0.15, -0.1) is 0 Å². The number of rotatable bonds is 10. The molecule has 3 aliphatic rings. The maximum absolute atomic E-state index is 14.1. The fourth-order valence-corrected chi connectivity index (χ4v) is 6.67.